The maximum Gasteiger partial charge on any atom is 0.276 e. The Bertz CT molecular complexity index is 975. The number of rotatable bonds is 4. The Labute approximate surface area is 167 Å². The molecule has 1 aliphatic heterocycles. The molecule has 144 valence electrons. The zero-order chi connectivity index (χ0) is 19.5. The molecule has 0 aliphatic carbocycles. The molecule has 0 bridgehead atoms. The predicted molar refractivity (Wildman–Crippen MR) is 114 cm³/mol. The van der Waals surface area contributed by atoms with E-state index < -0.39 is 0 Å². The van der Waals surface area contributed by atoms with Crippen LogP contribution < -0.4 is 21.7 Å². The molecule has 5 N–H and O–H groups in total. The standard InChI is InChI=1S/C20H22N6OS/c21-14-2-1-8-26(11-14)18-5-7-23-10-17(18)25-20(27)19-15(22)3-4-16(24-19)13-6-9-28-12-13/h3-7,9-10,12,14H,1-2,8,11,21-22H2,(H,25,27)/t14-/m0/s1. The number of nitrogens with zero attached hydrogens (tertiary/aromatic N) is 3. The van der Waals surface area contributed by atoms with E-state index in [1.807, 2.05) is 29.0 Å². The van der Waals surface area contributed by atoms with Crippen LogP contribution in [0, 0.1) is 0 Å². The Morgan fingerprint density at radius 3 is 2.96 bits per heavy atom. The first-order valence-electron chi connectivity index (χ1n) is 9.17. The smallest absolute Gasteiger partial charge is 0.276 e. The molecule has 28 heavy (non-hydrogen) atoms. The summed E-state index contributed by atoms with van der Waals surface area (Å²) in [6, 6.07) is 7.52. The van der Waals surface area contributed by atoms with Gasteiger partial charge in [0.25, 0.3) is 5.91 Å². The molecule has 3 aromatic rings. The van der Waals surface area contributed by atoms with Crippen LogP contribution in [0.25, 0.3) is 11.3 Å². The van der Waals surface area contributed by atoms with Crippen molar-refractivity contribution in [3.63, 3.8) is 0 Å². The average molecular weight is 395 g/mol. The first-order chi connectivity index (χ1) is 13.6. The summed E-state index contributed by atoms with van der Waals surface area (Å²) in [4.78, 5) is 23.8. The summed E-state index contributed by atoms with van der Waals surface area (Å²) in [5.41, 5.74) is 15.9. The van der Waals surface area contributed by atoms with Crippen molar-refractivity contribution in [2.45, 2.75) is 18.9 Å². The SMILES string of the molecule is Nc1ccc(-c2ccsc2)nc1C(=O)Nc1cnccc1N1CCC[C@H](N)C1. The summed E-state index contributed by atoms with van der Waals surface area (Å²) >= 11 is 1.58. The Morgan fingerprint density at radius 2 is 2.18 bits per heavy atom. The van der Waals surface area contributed by atoms with E-state index in [1.54, 1.807) is 29.8 Å². The van der Waals surface area contributed by atoms with Gasteiger partial charge in [-0.3, -0.25) is 9.78 Å². The monoisotopic (exact) mass is 394 g/mol. The summed E-state index contributed by atoms with van der Waals surface area (Å²) in [5.74, 6) is -0.356. The van der Waals surface area contributed by atoms with Gasteiger partial charge in [0.2, 0.25) is 0 Å². The molecule has 3 aromatic heterocycles. The molecule has 1 fully saturated rings. The minimum absolute atomic E-state index is 0.130. The lowest BCUT2D eigenvalue weighted by Gasteiger charge is -2.33. The van der Waals surface area contributed by atoms with Crippen LogP contribution in [0.15, 0.2) is 47.4 Å². The van der Waals surface area contributed by atoms with Gasteiger partial charge in [-0.05, 0) is 42.5 Å². The Morgan fingerprint density at radius 1 is 1.29 bits per heavy atom. The van der Waals surface area contributed by atoms with E-state index >= 15 is 0 Å². The summed E-state index contributed by atoms with van der Waals surface area (Å²) < 4.78 is 0. The molecule has 4 heterocycles. The molecule has 7 nitrogen and oxygen atoms in total. The topological polar surface area (TPSA) is 110 Å². The van der Waals surface area contributed by atoms with Crippen molar-refractivity contribution in [2.75, 3.05) is 29.0 Å². The van der Waals surface area contributed by atoms with Crippen LogP contribution in [0.3, 0.4) is 0 Å². The molecule has 0 saturated carbocycles. The van der Waals surface area contributed by atoms with Gasteiger partial charge in [0.15, 0.2) is 5.69 Å². The molecule has 8 heteroatoms. The van der Waals surface area contributed by atoms with Crippen molar-refractivity contribution in [1.29, 1.82) is 0 Å². The first-order valence-corrected chi connectivity index (χ1v) is 10.1. The molecule has 0 aromatic carbocycles. The second kappa shape index (κ2) is 7.95. The molecular weight excluding hydrogens is 372 g/mol. The number of nitrogen functional groups attached to an aromatic ring is 1. The third kappa shape index (κ3) is 3.83. The van der Waals surface area contributed by atoms with Gasteiger partial charge in [0.05, 0.1) is 29.0 Å². The summed E-state index contributed by atoms with van der Waals surface area (Å²) in [7, 11) is 0. The highest BCUT2D eigenvalue weighted by atomic mass is 32.1. The normalized spacial score (nSPS) is 16.8. The zero-order valence-corrected chi connectivity index (χ0v) is 16.2. The fourth-order valence-electron chi connectivity index (χ4n) is 3.39. The second-order valence-electron chi connectivity index (χ2n) is 6.84. The summed E-state index contributed by atoms with van der Waals surface area (Å²) in [6.45, 7) is 1.65. The molecule has 0 radical (unpaired) electrons. The number of hydrogen-bond acceptors (Lipinski definition) is 7. The highest BCUT2D eigenvalue weighted by Gasteiger charge is 2.21. The van der Waals surface area contributed by atoms with Gasteiger partial charge in [0, 0.05) is 36.3 Å². The highest BCUT2D eigenvalue weighted by molar-refractivity contribution is 7.08. The lowest BCUT2D eigenvalue weighted by Crippen LogP contribution is -2.43. The van der Waals surface area contributed by atoms with Crippen LogP contribution in [0.2, 0.25) is 0 Å². The van der Waals surface area contributed by atoms with E-state index in [0.717, 1.165) is 37.2 Å². The summed E-state index contributed by atoms with van der Waals surface area (Å²) in [5, 5.41) is 6.88. The molecule has 4 rings (SSSR count). The van der Waals surface area contributed by atoms with Crippen molar-refractivity contribution in [1.82, 2.24) is 9.97 Å². The number of pyridine rings is 2. The van der Waals surface area contributed by atoms with Crippen LogP contribution in [0.1, 0.15) is 23.3 Å². The number of nitrogens with one attached hydrogen (secondary N) is 1. The van der Waals surface area contributed by atoms with Gasteiger partial charge in [-0.1, -0.05) is 0 Å². The minimum Gasteiger partial charge on any atom is -0.397 e. The van der Waals surface area contributed by atoms with Crippen LogP contribution in [0.5, 0.6) is 0 Å². The third-order valence-electron chi connectivity index (χ3n) is 4.80. The number of aromatic nitrogens is 2. The number of carbonyl (C=O) groups is 1. The average Bonchev–Trinajstić information content (AvgIpc) is 3.23. The van der Waals surface area contributed by atoms with E-state index in [1.165, 1.54) is 0 Å². The molecule has 1 amide bonds. The number of anilines is 3. The van der Waals surface area contributed by atoms with Crippen molar-refractivity contribution >= 4 is 34.3 Å². The van der Waals surface area contributed by atoms with Crippen LogP contribution in [0.4, 0.5) is 17.1 Å². The maximum atomic E-state index is 12.9. The molecule has 1 saturated heterocycles. The van der Waals surface area contributed by atoms with Crippen molar-refractivity contribution in [2.24, 2.45) is 5.73 Å². The number of nitrogens with two attached hydrogens (primary N) is 2. The van der Waals surface area contributed by atoms with E-state index in [2.05, 4.69) is 20.2 Å². The van der Waals surface area contributed by atoms with Crippen molar-refractivity contribution in [3.05, 3.63) is 53.1 Å². The Balaban J connectivity index is 1.60. The number of piperidine rings is 1. The van der Waals surface area contributed by atoms with Gasteiger partial charge in [-0.25, -0.2) is 4.98 Å². The number of amides is 1. The molecule has 1 aliphatic rings. The largest absolute Gasteiger partial charge is 0.397 e. The fourth-order valence-corrected chi connectivity index (χ4v) is 4.04. The van der Waals surface area contributed by atoms with Gasteiger partial charge in [0.1, 0.15) is 0 Å². The van der Waals surface area contributed by atoms with Crippen molar-refractivity contribution in [3.8, 4) is 11.3 Å². The van der Waals surface area contributed by atoms with Crippen LogP contribution >= 0.6 is 11.3 Å². The minimum atomic E-state index is -0.356. The maximum absolute atomic E-state index is 12.9. The molecule has 0 spiro atoms. The van der Waals surface area contributed by atoms with Crippen LogP contribution in [-0.2, 0) is 0 Å². The van der Waals surface area contributed by atoms with Crippen LogP contribution in [-0.4, -0.2) is 35.0 Å². The Kier molecular flexibility index (Phi) is 5.23. The quantitative estimate of drug-likeness (QED) is 0.627. The van der Waals surface area contributed by atoms with E-state index in [4.69, 9.17) is 11.5 Å². The molecule has 1 atom stereocenters. The predicted octanol–water partition coefficient (Wildman–Crippen LogP) is 2.97. The highest BCUT2D eigenvalue weighted by Crippen LogP contribution is 2.28. The van der Waals surface area contributed by atoms with Gasteiger partial charge >= 0.3 is 0 Å². The third-order valence-corrected chi connectivity index (χ3v) is 5.49. The Hall–Kier alpha value is -2.97. The van der Waals surface area contributed by atoms with Gasteiger partial charge in [-0.15, -0.1) is 0 Å². The van der Waals surface area contributed by atoms with Gasteiger partial charge < -0.3 is 21.7 Å². The number of hydrogen-bond donors (Lipinski definition) is 3. The van der Waals surface area contributed by atoms with E-state index in [-0.39, 0.29) is 17.6 Å². The molecular formula is C20H22N6OS. The molecule has 0 unspecified atom stereocenters. The van der Waals surface area contributed by atoms with Gasteiger partial charge in [-0.2, -0.15) is 11.3 Å². The zero-order valence-electron chi connectivity index (χ0n) is 15.3. The number of carbonyl (C=O) groups excluding carboxylic acids is 1. The lowest BCUT2D eigenvalue weighted by molar-refractivity contribution is 0.102. The van der Waals surface area contributed by atoms with E-state index in [0.29, 0.717) is 17.1 Å². The fraction of sp³-hybridized carbons (Fsp3) is 0.250. The number of thiophene rings is 1. The first kappa shape index (κ1) is 18.4. The van der Waals surface area contributed by atoms with E-state index in [9.17, 15) is 4.79 Å². The van der Waals surface area contributed by atoms with Crippen molar-refractivity contribution < 1.29 is 4.79 Å². The lowest BCUT2D eigenvalue weighted by atomic mass is 10.1. The summed E-state index contributed by atoms with van der Waals surface area (Å²) in [6.07, 6.45) is 5.40. The second-order valence-corrected chi connectivity index (χ2v) is 7.62.